The number of para-hydroxylation sites is 1. The minimum atomic E-state index is -0.835. The highest BCUT2D eigenvalue weighted by molar-refractivity contribution is 7.81. The molecule has 1 aromatic heterocycles. The molecule has 27 heavy (non-hydrogen) atoms. The summed E-state index contributed by atoms with van der Waals surface area (Å²) < 4.78 is 0. The molecule has 0 saturated carbocycles. The molecule has 2 rings (SSSR count). The molecular weight excluding hydrogens is 364 g/mol. The number of H-pyrrole nitrogens is 1. The lowest BCUT2D eigenvalue weighted by molar-refractivity contribution is -0.131. The van der Waals surface area contributed by atoms with E-state index in [-0.39, 0.29) is 24.0 Å². The van der Waals surface area contributed by atoms with Crippen molar-refractivity contribution in [3.05, 3.63) is 36.0 Å². The van der Waals surface area contributed by atoms with Crippen LogP contribution in [0.4, 0.5) is 0 Å². The maximum absolute atomic E-state index is 12.8. The molecule has 0 saturated heterocycles. The van der Waals surface area contributed by atoms with Crippen molar-refractivity contribution < 1.29 is 14.4 Å². The van der Waals surface area contributed by atoms with Gasteiger partial charge in [-0.05, 0) is 24.0 Å². The summed E-state index contributed by atoms with van der Waals surface area (Å²) in [5, 5.41) is 6.32. The van der Waals surface area contributed by atoms with E-state index in [2.05, 4.69) is 28.2 Å². The lowest BCUT2D eigenvalue weighted by atomic mass is 10.0. The van der Waals surface area contributed by atoms with Crippen LogP contribution < -0.4 is 16.4 Å². The smallest absolute Gasteiger partial charge is 0.243 e. The predicted octanol–water partition coefficient (Wildman–Crippen LogP) is 1.14. The molecule has 1 heterocycles. The van der Waals surface area contributed by atoms with E-state index in [1.54, 1.807) is 0 Å². The number of aromatic amines is 1. The Hall–Kier alpha value is -2.48. The van der Waals surface area contributed by atoms with Crippen LogP contribution in [0.15, 0.2) is 30.5 Å². The quantitative estimate of drug-likeness (QED) is 0.413. The summed E-state index contributed by atoms with van der Waals surface area (Å²) in [5.74, 6) is -1.26. The molecule has 7 nitrogen and oxygen atoms in total. The third kappa shape index (κ3) is 5.75. The Kier molecular flexibility index (Phi) is 7.29. The van der Waals surface area contributed by atoms with Crippen LogP contribution in [0, 0.1) is 5.92 Å². The molecule has 0 radical (unpaired) electrons. The van der Waals surface area contributed by atoms with Gasteiger partial charge in [0.1, 0.15) is 12.1 Å². The molecule has 1 aromatic carbocycles. The fourth-order valence-corrected chi connectivity index (χ4v) is 3.05. The first-order chi connectivity index (χ1) is 12.8. The molecule has 146 valence electrons. The van der Waals surface area contributed by atoms with Crippen molar-refractivity contribution in [2.24, 2.45) is 11.7 Å². The Morgan fingerprint density at radius 3 is 2.48 bits per heavy atom. The van der Waals surface area contributed by atoms with Crippen LogP contribution in [-0.2, 0) is 20.8 Å². The van der Waals surface area contributed by atoms with Gasteiger partial charge in [0.15, 0.2) is 0 Å². The van der Waals surface area contributed by atoms with Crippen molar-refractivity contribution in [2.45, 2.75) is 38.8 Å². The molecule has 2 aromatic rings. The Balaban J connectivity index is 2.21. The second kappa shape index (κ2) is 9.45. The largest absolute Gasteiger partial charge is 0.368 e. The highest BCUT2D eigenvalue weighted by Gasteiger charge is 2.26. The van der Waals surface area contributed by atoms with Crippen LogP contribution in [0.5, 0.6) is 0 Å². The van der Waals surface area contributed by atoms with E-state index < -0.39 is 23.9 Å². The number of thiol groups is 1. The number of primary amides is 1. The fourth-order valence-electron chi connectivity index (χ4n) is 2.96. The summed E-state index contributed by atoms with van der Waals surface area (Å²) in [4.78, 5) is 39.5. The number of hydrogen-bond donors (Lipinski definition) is 5. The molecule has 8 heteroatoms. The molecule has 0 fully saturated rings. The lowest BCUT2D eigenvalue weighted by Gasteiger charge is -2.22. The summed E-state index contributed by atoms with van der Waals surface area (Å²) in [7, 11) is 0. The number of amides is 3. The monoisotopic (exact) mass is 390 g/mol. The normalized spacial score (nSPS) is 13.3. The van der Waals surface area contributed by atoms with Gasteiger partial charge in [0, 0.05) is 23.5 Å². The molecule has 5 N–H and O–H groups in total. The van der Waals surface area contributed by atoms with Gasteiger partial charge in [-0.15, -0.1) is 0 Å². The van der Waals surface area contributed by atoms with Crippen LogP contribution in [0.3, 0.4) is 0 Å². The van der Waals surface area contributed by atoms with E-state index in [1.807, 2.05) is 44.3 Å². The molecule has 0 aliphatic rings. The Bertz CT molecular complexity index is 818. The van der Waals surface area contributed by atoms with Gasteiger partial charge in [-0.1, -0.05) is 32.0 Å². The SMILES string of the molecule is CC(C)C[C@H](NC(=O)[C@H](Cc1c[nH]c2ccccc12)NC(=O)CS)C(N)=O. The highest BCUT2D eigenvalue weighted by Crippen LogP contribution is 2.19. The summed E-state index contributed by atoms with van der Waals surface area (Å²) in [6, 6.07) is 6.09. The minimum Gasteiger partial charge on any atom is -0.368 e. The second-order valence-corrected chi connectivity index (χ2v) is 7.25. The van der Waals surface area contributed by atoms with Crippen molar-refractivity contribution >= 4 is 41.3 Å². The van der Waals surface area contributed by atoms with Crippen LogP contribution >= 0.6 is 12.6 Å². The van der Waals surface area contributed by atoms with Gasteiger partial charge >= 0.3 is 0 Å². The number of nitrogens with one attached hydrogen (secondary N) is 3. The van der Waals surface area contributed by atoms with Gasteiger partial charge in [-0.25, -0.2) is 0 Å². The standard InChI is InChI=1S/C19H26N4O3S/c1-11(2)7-15(18(20)25)23-19(26)16(22-17(24)10-27)8-12-9-21-14-6-4-3-5-13(12)14/h3-6,9,11,15-16,21,27H,7-8,10H2,1-2H3,(H2,20,25)(H,22,24)(H,23,26)/t15-,16-/m0/s1. The van der Waals surface area contributed by atoms with Gasteiger partial charge in [-0.2, -0.15) is 12.6 Å². The van der Waals surface area contributed by atoms with Gasteiger partial charge < -0.3 is 21.4 Å². The lowest BCUT2D eigenvalue weighted by Crippen LogP contribution is -2.54. The maximum atomic E-state index is 12.8. The number of fused-ring (bicyclic) bond motifs is 1. The number of carbonyl (C=O) groups is 3. The molecule has 0 aliphatic carbocycles. The highest BCUT2D eigenvalue weighted by atomic mass is 32.1. The molecule has 3 amide bonds. The maximum Gasteiger partial charge on any atom is 0.243 e. The first-order valence-electron chi connectivity index (χ1n) is 8.86. The van der Waals surface area contributed by atoms with E-state index >= 15 is 0 Å². The van der Waals surface area contributed by atoms with E-state index in [0.717, 1.165) is 16.5 Å². The zero-order valence-electron chi connectivity index (χ0n) is 15.5. The third-order valence-corrected chi connectivity index (χ3v) is 4.55. The number of nitrogens with two attached hydrogens (primary N) is 1. The second-order valence-electron chi connectivity index (χ2n) is 6.93. The van der Waals surface area contributed by atoms with Gasteiger partial charge in [0.2, 0.25) is 17.7 Å². The van der Waals surface area contributed by atoms with Gasteiger partial charge in [0.25, 0.3) is 0 Å². The number of hydrogen-bond acceptors (Lipinski definition) is 4. The Morgan fingerprint density at radius 1 is 1.15 bits per heavy atom. The van der Waals surface area contributed by atoms with Crippen LogP contribution in [0.2, 0.25) is 0 Å². The van der Waals surface area contributed by atoms with Crippen molar-refractivity contribution in [1.82, 2.24) is 15.6 Å². The number of carbonyl (C=O) groups excluding carboxylic acids is 3. The summed E-state index contributed by atoms with van der Waals surface area (Å²) in [5.41, 5.74) is 7.25. The molecule has 0 unspecified atom stereocenters. The zero-order chi connectivity index (χ0) is 20.0. The molecule has 0 aliphatic heterocycles. The van der Waals surface area contributed by atoms with E-state index in [9.17, 15) is 14.4 Å². The number of rotatable bonds is 9. The number of aromatic nitrogens is 1. The van der Waals surface area contributed by atoms with Crippen molar-refractivity contribution in [3.8, 4) is 0 Å². The average molecular weight is 391 g/mol. The van der Waals surface area contributed by atoms with Crippen LogP contribution in [-0.4, -0.2) is 40.5 Å². The van der Waals surface area contributed by atoms with Crippen molar-refractivity contribution in [2.75, 3.05) is 5.75 Å². The van der Waals surface area contributed by atoms with Crippen LogP contribution in [0.1, 0.15) is 25.8 Å². The zero-order valence-corrected chi connectivity index (χ0v) is 16.4. The van der Waals surface area contributed by atoms with Gasteiger partial charge in [0.05, 0.1) is 5.75 Å². The molecule has 0 spiro atoms. The Morgan fingerprint density at radius 2 is 1.85 bits per heavy atom. The minimum absolute atomic E-state index is 0.0388. The fraction of sp³-hybridized carbons (Fsp3) is 0.421. The molecular formula is C19H26N4O3S. The van der Waals surface area contributed by atoms with Crippen molar-refractivity contribution in [3.63, 3.8) is 0 Å². The van der Waals surface area contributed by atoms with E-state index in [4.69, 9.17) is 5.73 Å². The van der Waals surface area contributed by atoms with Gasteiger partial charge in [-0.3, -0.25) is 14.4 Å². The molecule has 2 atom stereocenters. The third-order valence-electron chi connectivity index (χ3n) is 4.26. The van der Waals surface area contributed by atoms with E-state index in [1.165, 1.54) is 0 Å². The topological polar surface area (TPSA) is 117 Å². The summed E-state index contributed by atoms with van der Waals surface area (Å²) in [6.45, 7) is 3.88. The number of benzene rings is 1. The molecule has 0 bridgehead atoms. The predicted molar refractivity (Wildman–Crippen MR) is 108 cm³/mol. The average Bonchev–Trinajstić information content (AvgIpc) is 3.03. The van der Waals surface area contributed by atoms with Crippen LogP contribution in [0.25, 0.3) is 10.9 Å². The first kappa shape index (κ1) is 20.8. The Labute approximate surface area is 163 Å². The summed E-state index contributed by atoms with van der Waals surface area (Å²) >= 11 is 3.96. The first-order valence-corrected chi connectivity index (χ1v) is 9.50. The van der Waals surface area contributed by atoms with Crippen molar-refractivity contribution in [1.29, 1.82) is 0 Å². The van der Waals surface area contributed by atoms with E-state index in [0.29, 0.717) is 6.42 Å². The summed E-state index contributed by atoms with van der Waals surface area (Å²) in [6.07, 6.45) is 2.53.